The normalized spacial score (nSPS) is 13.4. The van der Waals surface area contributed by atoms with Crippen LogP contribution in [0.25, 0.3) is 0 Å². The second kappa shape index (κ2) is 6.06. The first-order chi connectivity index (χ1) is 8.34. The number of nitrogens with one attached hydrogen (secondary N) is 1. The number of ether oxygens (including phenoxy) is 1. The Bertz CT molecular complexity index is 393. The van der Waals surface area contributed by atoms with Crippen LogP contribution < -0.4 is 10.1 Å². The van der Waals surface area contributed by atoms with Crippen LogP contribution in [0.2, 0.25) is 0 Å². The van der Waals surface area contributed by atoms with Crippen molar-refractivity contribution in [3.8, 4) is 5.75 Å². The number of halogens is 3. The molecule has 0 aliphatic carbocycles. The molecule has 0 radical (unpaired) electrons. The zero-order chi connectivity index (χ0) is 13.8. The van der Waals surface area contributed by atoms with Crippen LogP contribution in [0, 0.1) is 6.92 Å². The Hall–Kier alpha value is -1.27. The van der Waals surface area contributed by atoms with Crippen molar-refractivity contribution in [1.29, 1.82) is 0 Å². The molecule has 2 N–H and O–H groups in total. The number of aliphatic hydroxyl groups is 1. The summed E-state index contributed by atoms with van der Waals surface area (Å²) in [4.78, 5) is 0. The van der Waals surface area contributed by atoms with Gasteiger partial charge >= 0.3 is 6.18 Å². The van der Waals surface area contributed by atoms with Crippen LogP contribution in [-0.4, -0.2) is 31.0 Å². The second-order valence-corrected chi connectivity index (χ2v) is 4.01. The molecule has 18 heavy (non-hydrogen) atoms. The highest BCUT2D eigenvalue weighted by molar-refractivity contribution is 5.36. The molecule has 6 heteroatoms. The van der Waals surface area contributed by atoms with E-state index >= 15 is 0 Å². The van der Waals surface area contributed by atoms with Crippen molar-refractivity contribution in [1.82, 2.24) is 5.32 Å². The molecular formula is C12H16F3NO2. The Morgan fingerprint density at radius 1 is 1.39 bits per heavy atom. The zero-order valence-electron chi connectivity index (χ0n) is 10.2. The highest BCUT2D eigenvalue weighted by Gasteiger charge is 2.38. The number of rotatable bonds is 5. The molecule has 0 aromatic heterocycles. The molecule has 0 amide bonds. The topological polar surface area (TPSA) is 41.5 Å². The van der Waals surface area contributed by atoms with Gasteiger partial charge < -0.3 is 15.2 Å². The zero-order valence-corrected chi connectivity index (χ0v) is 10.2. The summed E-state index contributed by atoms with van der Waals surface area (Å²) < 4.78 is 41.4. The van der Waals surface area contributed by atoms with E-state index in [1.807, 2.05) is 13.0 Å². The summed E-state index contributed by atoms with van der Waals surface area (Å²) in [5, 5.41) is 11.8. The minimum atomic E-state index is -4.66. The Kier molecular flexibility index (Phi) is 4.98. The first-order valence-electron chi connectivity index (χ1n) is 5.46. The van der Waals surface area contributed by atoms with Gasteiger partial charge in [-0.15, -0.1) is 0 Å². The van der Waals surface area contributed by atoms with E-state index in [1.54, 1.807) is 19.2 Å². The molecule has 0 bridgehead atoms. The molecule has 102 valence electrons. The fraction of sp³-hybridized carbons (Fsp3) is 0.500. The molecular weight excluding hydrogens is 247 g/mol. The quantitative estimate of drug-likeness (QED) is 0.854. The van der Waals surface area contributed by atoms with Crippen LogP contribution in [0.4, 0.5) is 13.2 Å². The standard InChI is InChI=1S/C12H16F3NO2/c1-8-3-4-10(9(5-8)6-16-2)18-7-11(17)12(13,14)15/h3-5,11,16-17H,6-7H2,1-2H3. The third kappa shape index (κ3) is 4.19. The van der Waals surface area contributed by atoms with Crippen LogP contribution in [0.15, 0.2) is 18.2 Å². The average molecular weight is 263 g/mol. The van der Waals surface area contributed by atoms with Crippen molar-refractivity contribution in [3.63, 3.8) is 0 Å². The lowest BCUT2D eigenvalue weighted by molar-refractivity contribution is -0.210. The third-order valence-corrected chi connectivity index (χ3v) is 2.36. The monoisotopic (exact) mass is 263 g/mol. The number of hydrogen-bond donors (Lipinski definition) is 2. The van der Waals surface area contributed by atoms with Gasteiger partial charge in [-0.05, 0) is 20.0 Å². The maximum atomic E-state index is 12.1. The molecule has 0 fully saturated rings. The molecule has 0 heterocycles. The van der Waals surface area contributed by atoms with E-state index in [4.69, 9.17) is 9.84 Å². The van der Waals surface area contributed by atoms with Crippen LogP contribution in [-0.2, 0) is 6.54 Å². The van der Waals surface area contributed by atoms with E-state index in [9.17, 15) is 13.2 Å². The lowest BCUT2D eigenvalue weighted by Crippen LogP contribution is -2.34. The number of benzene rings is 1. The number of hydrogen-bond acceptors (Lipinski definition) is 3. The Morgan fingerprint density at radius 2 is 2.06 bits per heavy atom. The molecule has 0 aliphatic heterocycles. The molecule has 1 aromatic carbocycles. The van der Waals surface area contributed by atoms with E-state index in [-0.39, 0.29) is 0 Å². The summed E-state index contributed by atoms with van der Waals surface area (Å²) in [6.45, 7) is 1.57. The molecule has 1 aromatic rings. The van der Waals surface area contributed by atoms with Gasteiger partial charge in [-0.1, -0.05) is 17.7 Å². The molecule has 1 unspecified atom stereocenters. The highest BCUT2D eigenvalue weighted by atomic mass is 19.4. The molecule has 1 rings (SSSR count). The van der Waals surface area contributed by atoms with Crippen molar-refractivity contribution in [2.24, 2.45) is 0 Å². The van der Waals surface area contributed by atoms with Crippen molar-refractivity contribution in [2.45, 2.75) is 25.7 Å². The lowest BCUT2D eigenvalue weighted by atomic mass is 10.1. The van der Waals surface area contributed by atoms with Crippen LogP contribution in [0.1, 0.15) is 11.1 Å². The number of aryl methyl sites for hydroxylation is 1. The fourth-order valence-electron chi connectivity index (χ4n) is 1.44. The summed E-state index contributed by atoms with van der Waals surface area (Å²) >= 11 is 0. The van der Waals surface area contributed by atoms with Gasteiger partial charge in [0.15, 0.2) is 6.10 Å². The predicted molar refractivity (Wildman–Crippen MR) is 61.5 cm³/mol. The Labute approximate surface area is 104 Å². The van der Waals surface area contributed by atoms with E-state index in [0.29, 0.717) is 12.3 Å². The van der Waals surface area contributed by atoms with Crippen molar-refractivity contribution >= 4 is 0 Å². The fourth-order valence-corrected chi connectivity index (χ4v) is 1.44. The molecule has 0 saturated carbocycles. The Balaban J connectivity index is 2.72. The van der Waals surface area contributed by atoms with E-state index in [1.165, 1.54) is 0 Å². The summed E-state index contributed by atoms with van der Waals surface area (Å²) in [7, 11) is 1.73. The SMILES string of the molecule is CNCc1cc(C)ccc1OCC(O)C(F)(F)F. The summed E-state index contributed by atoms with van der Waals surface area (Å²) in [6, 6.07) is 5.17. The van der Waals surface area contributed by atoms with Gasteiger partial charge in [0.1, 0.15) is 12.4 Å². The third-order valence-electron chi connectivity index (χ3n) is 2.36. The predicted octanol–water partition coefficient (Wildman–Crippen LogP) is 2.02. The minimum Gasteiger partial charge on any atom is -0.490 e. The van der Waals surface area contributed by atoms with Gasteiger partial charge in [-0.2, -0.15) is 13.2 Å². The minimum absolute atomic E-state index is 0.346. The maximum absolute atomic E-state index is 12.1. The summed E-state index contributed by atoms with van der Waals surface area (Å²) in [5.74, 6) is 0.346. The van der Waals surface area contributed by atoms with Gasteiger partial charge in [0.05, 0.1) is 0 Å². The summed E-state index contributed by atoms with van der Waals surface area (Å²) in [5.41, 5.74) is 1.75. The first kappa shape index (κ1) is 14.8. The van der Waals surface area contributed by atoms with Crippen LogP contribution in [0.3, 0.4) is 0 Å². The van der Waals surface area contributed by atoms with Crippen LogP contribution in [0.5, 0.6) is 5.75 Å². The molecule has 3 nitrogen and oxygen atoms in total. The highest BCUT2D eigenvalue weighted by Crippen LogP contribution is 2.23. The largest absolute Gasteiger partial charge is 0.490 e. The van der Waals surface area contributed by atoms with E-state index in [0.717, 1.165) is 11.1 Å². The number of aliphatic hydroxyl groups excluding tert-OH is 1. The smallest absolute Gasteiger partial charge is 0.417 e. The van der Waals surface area contributed by atoms with Crippen molar-refractivity contribution < 1.29 is 23.0 Å². The van der Waals surface area contributed by atoms with E-state index < -0.39 is 18.9 Å². The molecule has 0 spiro atoms. The second-order valence-electron chi connectivity index (χ2n) is 4.01. The van der Waals surface area contributed by atoms with Crippen LogP contribution >= 0.6 is 0 Å². The lowest BCUT2D eigenvalue weighted by Gasteiger charge is -2.17. The van der Waals surface area contributed by atoms with Crippen molar-refractivity contribution in [3.05, 3.63) is 29.3 Å². The van der Waals surface area contributed by atoms with Crippen molar-refractivity contribution in [2.75, 3.05) is 13.7 Å². The molecule has 0 saturated heterocycles. The van der Waals surface area contributed by atoms with Gasteiger partial charge in [0, 0.05) is 12.1 Å². The number of alkyl halides is 3. The van der Waals surface area contributed by atoms with Gasteiger partial charge in [-0.3, -0.25) is 0 Å². The summed E-state index contributed by atoms with van der Waals surface area (Å²) in [6.07, 6.45) is -7.13. The van der Waals surface area contributed by atoms with E-state index in [2.05, 4.69) is 5.32 Å². The van der Waals surface area contributed by atoms with Gasteiger partial charge in [0.25, 0.3) is 0 Å². The molecule has 1 atom stereocenters. The molecule has 0 aliphatic rings. The Morgan fingerprint density at radius 3 is 2.61 bits per heavy atom. The average Bonchev–Trinajstić information content (AvgIpc) is 2.26. The first-order valence-corrected chi connectivity index (χ1v) is 5.46. The van der Waals surface area contributed by atoms with Gasteiger partial charge in [0.2, 0.25) is 0 Å². The van der Waals surface area contributed by atoms with Gasteiger partial charge in [-0.25, -0.2) is 0 Å². The maximum Gasteiger partial charge on any atom is 0.417 e.